The maximum absolute atomic E-state index is 12.0. The van der Waals surface area contributed by atoms with E-state index in [2.05, 4.69) is 10.9 Å². The summed E-state index contributed by atoms with van der Waals surface area (Å²) in [4.78, 5) is 33.8. The fourth-order valence-corrected chi connectivity index (χ4v) is 2.17. The lowest BCUT2D eigenvalue weighted by Gasteiger charge is -2.10. The number of rotatable bonds is 5. The highest BCUT2D eigenvalue weighted by Gasteiger charge is 2.16. The lowest BCUT2D eigenvalue weighted by atomic mass is 10.1. The summed E-state index contributed by atoms with van der Waals surface area (Å²) in [5.74, 6) is -0.771. The number of nitro groups is 1. The van der Waals surface area contributed by atoms with Crippen molar-refractivity contribution in [3.05, 3.63) is 68.2 Å². The number of aryl methyl sites for hydroxylation is 2. The Labute approximate surface area is 154 Å². The molecule has 2 rings (SSSR count). The molecule has 2 amide bonds. The second-order valence-corrected chi connectivity index (χ2v) is 5.87. The van der Waals surface area contributed by atoms with Gasteiger partial charge in [-0.15, -0.1) is 0 Å². The number of carbonyl (C=O) groups excluding carboxylic acids is 2. The van der Waals surface area contributed by atoms with Crippen molar-refractivity contribution in [3.8, 4) is 5.75 Å². The first-order valence-corrected chi connectivity index (χ1v) is 7.89. The minimum absolute atomic E-state index is 0.0172. The molecule has 26 heavy (non-hydrogen) atoms. The molecule has 0 aliphatic heterocycles. The van der Waals surface area contributed by atoms with E-state index in [4.69, 9.17) is 16.3 Å². The number of nitrogens with one attached hydrogen (secondary N) is 2. The first kappa shape index (κ1) is 19.2. The predicted octanol–water partition coefficient (Wildman–Crippen LogP) is 2.71. The Hall–Kier alpha value is -3.13. The first-order chi connectivity index (χ1) is 12.3. The van der Waals surface area contributed by atoms with Crippen molar-refractivity contribution >= 4 is 29.1 Å². The van der Waals surface area contributed by atoms with Gasteiger partial charge in [0.25, 0.3) is 17.5 Å². The van der Waals surface area contributed by atoms with Crippen LogP contribution >= 0.6 is 11.6 Å². The molecule has 0 radical (unpaired) electrons. The number of benzene rings is 2. The number of ether oxygens (including phenoxy) is 1. The van der Waals surface area contributed by atoms with E-state index in [0.717, 1.165) is 17.2 Å². The van der Waals surface area contributed by atoms with Crippen molar-refractivity contribution in [2.45, 2.75) is 13.8 Å². The van der Waals surface area contributed by atoms with Gasteiger partial charge in [-0.3, -0.25) is 30.6 Å². The average Bonchev–Trinajstić information content (AvgIpc) is 2.60. The van der Waals surface area contributed by atoms with E-state index in [1.54, 1.807) is 12.1 Å². The molecule has 2 N–H and O–H groups in total. The summed E-state index contributed by atoms with van der Waals surface area (Å²) in [7, 11) is 0. The van der Waals surface area contributed by atoms with Crippen molar-refractivity contribution in [1.82, 2.24) is 10.9 Å². The van der Waals surface area contributed by atoms with E-state index in [1.165, 1.54) is 12.1 Å². The standard InChI is InChI=1S/C17H16ClN3O5/c1-10-3-5-13(7-11(10)2)26-9-16(22)19-20-17(23)12-4-6-14(18)15(8-12)21(24)25/h3-8H,9H2,1-2H3,(H,19,22)(H,20,23). The number of hydrazine groups is 1. The monoisotopic (exact) mass is 377 g/mol. The van der Waals surface area contributed by atoms with Crippen LogP contribution in [-0.2, 0) is 4.79 Å². The third kappa shape index (κ3) is 4.93. The van der Waals surface area contributed by atoms with Crippen molar-refractivity contribution in [2.24, 2.45) is 0 Å². The van der Waals surface area contributed by atoms with Crippen LogP contribution in [0.1, 0.15) is 21.5 Å². The van der Waals surface area contributed by atoms with Crippen molar-refractivity contribution in [2.75, 3.05) is 6.61 Å². The van der Waals surface area contributed by atoms with Crippen molar-refractivity contribution in [3.63, 3.8) is 0 Å². The number of hydrogen-bond acceptors (Lipinski definition) is 5. The van der Waals surface area contributed by atoms with Crippen LogP contribution in [-0.4, -0.2) is 23.3 Å². The van der Waals surface area contributed by atoms with Crippen LogP contribution in [0.15, 0.2) is 36.4 Å². The Morgan fingerprint density at radius 1 is 1.12 bits per heavy atom. The van der Waals surface area contributed by atoms with Gasteiger partial charge in [0.1, 0.15) is 10.8 Å². The van der Waals surface area contributed by atoms with Crippen LogP contribution in [0.2, 0.25) is 5.02 Å². The van der Waals surface area contributed by atoms with Crippen molar-refractivity contribution in [1.29, 1.82) is 0 Å². The molecule has 0 atom stereocenters. The van der Waals surface area contributed by atoms with Gasteiger partial charge in [0.15, 0.2) is 6.61 Å². The van der Waals surface area contributed by atoms with E-state index in [-0.39, 0.29) is 17.2 Å². The molecule has 136 valence electrons. The zero-order valence-corrected chi connectivity index (χ0v) is 14.8. The molecule has 8 nitrogen and oxygen atoms in total. The zero-order chi connectivity index (χ0) is 19.3. The summed E-state index contributed by atoms with van der Waals surface area (Å²) in [6, 6.07) is 8.98. The lowest BCUT2D eigenvalue weighted by molar-refractivity contribution is -0.384. The number of nitro benzene ring substituents is 1. The molecule has 0 aliphatic carbocycles. The fourth-order valence-electron chi connectivity index (χ4n) is 1.98. The topological polar surface area (TPSA) is 111 Å². The Morgan fingerprint density at radius 3 is 2.50 bits per heavy atom. The number of halogens is 1. The van der Waals surface area contributed by atoms with E-state index < -0.39 is 22.4 Å². The van der Waals surface area contributed by atoms with Crippen LogP contribution in [0.25, 0.3) is 0 Å². The third-order valence-electron chi connectivity index (χ3n) is 3.57. The van der Waals surface area contributed by atoms with E-state index in [9.17, 15) is 19.7 Å². The first-order valence-electron chi connectivity index (χ1n) is 7.51. The molecule has 0 aliphatic rings. The van der Waals surface area contributed by atoms with Crippen LogP contribution in [0, 0.1) is 24.0 Å². The molecule has 2 aromatic rings. The summed E-state index contributed by atoms with van der Waals surface area (Å²) >= 11 is 5.68. The van der Waals surface area contributed by atoms with E-state index in [0.29, 0.717) is 5.75 Å². The van der Waals surface area contributed by atoms with Gasteiger partial charge < -0.3 is 4.74 Å². The molecular weight excluding hydrogens is 362 g/mol. The largest absolute Gasteiger partial charge is 0.484 e. The van der Waals surface area contributed by atoms with Gasteiger partial charge in [-0.2, -0.15) is 0 Å². The number of amides is 2. The van der Waals surface area contributed by atoms with Crippen LogP contribution in [0.3, 0.4) is 0 Å². The minimum Gasteiger partial charge on any atom is -0.484 e. The molecule has 2 aromatic carbocycles. The highest BCUT2D eigenvalue weighted by Crippen LogP contribution is 2.24. The molecule has 0 aromatic heterocycles. The Bertz CT molecular complexity index is 869. The normalized spacial score (nSPS) is 10.1. The molecule has 0 heterocycles. The molecule has 0 unspecified atom stereocenters. The molecule has 0 saturated heterocycles. The van der Waals surface area contributed by atoms with Crippen LogP contribution in [0.5, 0.6) is 5.75 Å². The maximum atomic E-state index is 12.0. The Balaban J connectivity index is 1.88. The number of hydrogen-bond donors (Lipinski definition) is 2. The van der Waals surface area contributed by atoms with Crippen molar-refractivity contribution < 1.29 is 19.2 Å². The Kier molecular flexibility index (Phi) is 6.13. The molecular formula is C17H16ClN3O5. The second-order valence-electron chi connectivity index (χ2n) is 5.46. The van der Waals surface area contributed by atoms with Gasteiger partial charge in [0.05, 0.1) is 4.92 Å². The average molecular weight is 378 g/mol. The van der Waals surface area contributed by atoms with Crippen LogP contribution < -0.4 is 15.6 Å². The number of carbonyl (C=O) groups is 2. The maximum Gasteiger partial charge on any atom is 0.288 e. The summed E-state index contributed by atoms with van der Waals surface area (Å²) < 4.78 is 5.34. The minimum atomic E-state index is -0.718. The highest BCUT2D eigenvalue weighted by molar-refractivity contribution is 6.32. The summed E-state index contributed by atoms with van der Waals surface area (Å²) in [5.41, 5.74) is 6.05. The summed E-state index contributed by atoms with van der Waals surface area (Å²) in [6.07, 6.45) is 0. The van der Waals surface area contributed by atoms with Gasteiger partial charge in [0.2, 0.25) is 0 Å². The van der Waals surface area contributed by atoms with Crippen LogP contribution in [0.4, 0.5) is 5.69 Å². The van der Waals surface area contributed by atoms with Gasteiger partial charge in [-0.05, 0) is 49.2 Å². The van der Waals surface area contributed by atoms with E-state index in [1.807, 2.05) is 19.9 Å². The van der Waals surface area contributed by atoms with E-state index >= 15 is 0 Å². The molecule has 0 saturated carbocycles. The Morgan fingerprint density at radius 2 is 1.85 bits per heavy atom. The van der Waals surface area contributed by atoms with Gasteiger partial charge in [-0.25, -0.2) is 0 Å². The van der Waals surface area contributed by atoms with Gasteiger partial charge in [0, 0.05) is 11.6 Å². The predicted molar refractivity (Wildman–Crippen MR) is 95.1 cm³/mol. The SMILES string of the molecule is Cc1ccc(OCC(=O)NNC(=O)c2ccc(Cl)c([N+](=O)[O-])c2)cc1C. The molecule has 0 fully saturated rings. The lowest BCUT2D eigenvalue weighted by Crippen LogP contribution is -2.43. The molecule has 0 spiro atoms. The third-order valence-corrected chi connectivity index (χ3v) is 3.89. The quantitative estimate of drug-likeness (QED) is 0.614. The number of nitrogens with zero attached hydrogens (tertiary/aromatic N) is 1. The smallest absolute Gasteiger partial charge is 0.288 e. The second kappa shape index (κ2) is 8.30. The van der Waals surface area contributed by atoms with Gasteiger partial charge >= 0.3 is 0 Å². The summed E-state index contributed by atoms with van der Waals surface area (Å²) in [6.45, 7) is 3.58. The highest BCUT2D eigenvalue weighted by atomic mass is 35.5. The van der Waals surface area contributed by atoms with Gasteiger partial charge in [-0.1, -0.05) is 17.7 Å². The summed E-state index contributed by atoms with van der Waals surface area (Å²) in [5, 5.41) is 10.7. The fraction of sp³-hybridized carbons (Fsp3) is 0.176. The molecule has 0 bridgehead atoms. The molecule has 9 heteroatoms. The zero-order valence-electron chi connectivity index (χ0n) is 14.0.